The average molecular weight is 1280 g/mol. The summed E-state index contributed by atoms with van der Waals surface area (Å²) in [4.78, 5) is 34.4. The van der Waals surface area contributed by atoms with Crippen molar-refractivity contribution in [1.82, 2.24) is 0 Å². The summed E-state index contributed by atoms with van der Waals surface area (Å²) in [6.07, 6.45) is 12.5. The molecule has 0 heterocycles. The third-order valence-corrected chi connectivity index (χ3v) is 13.3. The van der Waals surface area contributed by atoms with E-state index in [2.05, 4.69) is 64.9 Å². The molecule has 13 nitrogen and oxygen atoms in total. The Hall–Kier alpha value is -3.60. The monoisotopic (exact) mass is 1280 g/mol. The maximum Gasteiger partial charge on any atom is 0.333 e. The van der Waals surface area contributed by atoms with E-state index in [-0.39, 0.29) is 32.5 Å². The lowest BCUT2D eigenvalue weighted by Gasteiger charge is -2.22. The highest BCUT2D eigenvalue weighted by Gasteiger charge is 2.20. The van der Waals surface area contributed by atoms with Crippen molar-refractivity contribution in [3.63, 3.8) is 0 Å². The minimum atomic E-state index is -0.409. The van der Waals surface area contributed by atoms with Gasteiger partial charge in [-0.05, 0) is 186 Å². The lowest BCUT2D eigenvalue weighted by atomic mass is 9.90. The summed E-state index contributed by atoms with van der Waals surface area (Å²) < 4.78 is 52.0. The number of rotatable bonds is 21. The minimum absolute atomic E-state index is 0.163. The van der Waals surface area contributed by atoms with Gasteiger partial charge >= 0.3 is 17.9 Å². The van der Waals surface area contributed by atoms with Gasteiger partial charge in [-0.2, -0.15) is 0 Å². The molecular formula is C52H67I3O13. The zero-order valence-corrected chi connectivity index (χ0v) is 46.7. The van der Waals surface area contributed by atoms with Crippen LogP contribution in [0.1, 0.15) is 115 Å². The van der Waals surface area contributed by atoms with E-state index in [0.717, 1.165) is 40.6 Å². The smallest absolute Gasteiger partial charge is 0.333 e. The topological polar surface area (TPSA) is 155 Å². The molecule has 3 aromatic rings. The molecule has 68 heavy (non-hydrogen) atoms. The average Bonchev–Trinajstić information content (AvgIpc) is 3.32. The van der Waals surface area contributed by atoms with Gasteiger partial charge in [0, 0.05) is 16.7 Å². The number of aromatic hydroxyl groups is 1. The zero-order chi connectivity index (χ0) is 50.2. The van der Waals surface area contributed by atoms with E-state index in [4.69, 9.17) is 42.6 Å². The number of phenols is 1. The van der Waals surface area contributed by atoms with E-state index in [1.807, 2.05) is 53.8 Å². The van der Waals surface area contributed by atoms with Crippen LogP contribution in [-0.2, 0) is 51.3 Å². The summed E-state index contributed by atoms with van der Waals surface area (Å²) in [5, 5.41) is 9.28. The summed E-state index contributed by atoms with van der Waals surface area (Å²) in [6, 6.07) is 12.5. The largest absolute Gasteiger partial charge is 0.507 e. The van der Waals surface area contributed by atoms with E-state index in [9.17, 15) is 19.5 Å². The predicted molar refractivity (Wildman–Crippen MR) is 287 cm³/mol. The number of esters is 3. The van der Waals surface area contributed by atoms with Gasteiger partial charge in [-0.1, -0.05) is 64.3 Å². The Morgan fingerprint density at radius 1 is 0.618 bits per heavy atom. The second-order valence-electron chi connectivity index (χ2n) is 16.7. The number of carbonyl (C=O) groups excluding carboxylic acids is 3. The van der Waals surface area contributed by atoms with Gasteiger partial charge in [0.2, 0.25) is 0 Å². The standard InChI is InChI=1S/C21H29IO5.C20H27IO5.C11H11IO3/c1-14(2)21(23)27-15(3)17-10-18(22)20(19(11-17)24-4)26-13-25-12-16-8-6-5-7-9-16;1-14(2)20(22)25-12-16-9-17(21)19(18(10-16)23-3)26-13-24-11-15-7-5-4-6-8-15;1-7(2)11(14)15-6-8-3-4-10(13)9(12)5-8/h10-11,15-16H,1,5-9,12-13H2,2-4H3;9-10,15H,1,4-8,11-13H2,2-3H3;3-5,13H,1,6H2,2H3. The highest BCUT2D eigenvalue weighted by Crippen LogP contribution is 2.37. The molecule has 0 amide bonds. The molecule has 2 aliphatic rings. The van der Waals surface area contributed by atoms with Crippen LogP contribution in [0.4, 0.5) is 0 Å². The molecule has 2 saturated carbocycles. The summed E-state index contributed by atoms with van der Waals surface area (Å²) >= 11 is 6.39. The van der Waals surface area contributed by atoms with Crippen molar-refractivity contribution in [3.05, 3.63) is 106 Å². The molecule has 2 aliphatic carbocycles. The summed E-state index contributed by atoms with van der Waals surface area (Å²) in [5.41, 5.74) is 3.63. The van der Waals surface area contributed by atoms with Crippen LogP contribution in [0.5, 0.6) is 28.7 Å². The molecule has 3 aromatic carbocycles. The van der Waals surface area contributed by atoms with E-state index in [1.54, 1.807) is 53.2 Å². The number of benzene rings is 3. The van der Waals surface area contributed by atoms with Gasteiger partial charge in [-0.3, -0.25) is 0 Å². The lowest BCUT2D eigenvalue weighted by Crippen LogP contribution is -2.16. The van der Waals surface area contributed by atoms with Crippen molar-refractivity contribution >= 4 is 85.7 Å². The molecule has 0 spiro atoms. The molecule has 2 fully saturated rings. The second kappa shape index (κ2) is 31.6. The molecule has 1 atom stereocenters. The second-order valence-corrected chi connectivity index (χ2v) is 20.2. The SMILES string of the molecule is C=C(C)C(=O)OC(C)c1cc(I)c(OCOCC2CCCCC2)c(OC)c1.C=C(C)C(=O)OCc1cc(I)c(OCOCC2CCCCC2)c(OC)c1.C=C(C)C(=O)OCc1ccc(O)c(I)c1. The predicted octanol–water partition coefficient (Wildman–Crippen LogP) is 12.9. The summed E-state index contributed by atoms with van der Waals surface area (Å²) in [7, 11) is 3.18. The summed E-state index contributed by atoms with van der Waals surface area (Å²) in [6.45, 7) is 19.6. The van der Waals surface area contributed by atoms with E-state index < -0.39 is 24.0 Å². The highest BCUT2D eigenvalue weighted by atomic mass is 127. The van der Waals surface area contributed by atoms with Crippen LogP contribution in [0.3, 0.4) is 0 Å². The number of methoxy groups -OCH3 is 2. The van der Waals surface area contributed by atoms with Crippen LogP contribution in [0.2, 0.25) is 0 Å². The molecular weight excluding hydrogens is 1210 g/mol. The van der Waals surface area contributed by atoms with Gasteiger partial charge in [-0.25, -0.2) is 14.4 Å². The number of ether oxygens (including phenoxy) is 9. The quantitative estimate of drug-likeness (QED) is 0.0269. The first-order valence-corrected chi connectivity index (χ1v) is 25.8. The molecule has 374 valence electrons. The van der Waals surface area contributed by atoms with Crippen molar-refractivity contribution < 1.29 is 62.1 Å². The van der Waals surface area contributed by atoms with Crippen molar-refractivity contribution in [2.24, 2.45) is 11.8 Å². The zero-order valence-electron chi connectivity index (χ0n) is 40.2. The maximum atomic E-state index is 11.7. The van der Waals surface area contributed by atoms with E-state index >= 15 is 0 Å². The Bertz CT molecular complexity index is 2140. The third kappa shape index (κ3) is 21.2. The van der Waals surface area contributed by atoms with Crippen LogP contribution >= 0.6 is 67.8 Å². The molecule has 0 aliphatic heterocycles. The van der Waals surface area contributed by atoms with Gasteiger partial charge in [-0.15, -0.1) is 0 Å². The van der Waals surface area contributed by atoms with Crippen LogP contribution in [-0.4, -0.2) is 64.0 Å². The lowest BCUT2D eigenvalue weighted by molar-refractivity contribution is -0.144. The van der Waals surface area contributed by atoms with Crippen molar-refractivity contribution in [2.75, 3.05) is 41.0 Å². The first-order valence-electron chi connectivity index (χ1n) is 22.6. The van der Waals surface area contributed by atoms with Crippen molar-refractivity contribution in [3.8, 4) is 28.7 Å². The van der Waals surface area contributed by atoms with Crippen LogP contribution < -0.4 is 18.9 Å². The van der Waals surface area contributed by atoms with Gasteiger partial charge in [0.25, 0.3) is 0 Å². The number of phenolic OH excluding ortho intramolecular Hbond substituents is 1. The molecule has 1 unspecified atom stereocenters. The Labute approximate surface area is 443 Å². The van der Waals surface area contributed by atoms with Gasteiger partial charge in [0.15, 0.2) is 36.6 Å². The maximum absolute atomic E-state index is 11.7. The van der Waals surface area contributed by atoms with Crippen molar-refractivity contribution in [1.29, 1.82) is 0 Å². The van der Waals surface area contributed by atoms with Crippen molar-refractivity contribution in [2.45, 2.75) is 111 Å². The number of hydrogen-bond donors (Lipinski definition) is 1. The molecule has 1 N–H and O–H groups in total. The number of halogens is 3. The van der Waals surface area contributed by atoms with Gasteiger partial charge in [0.05, 0.1) is 38.1 Å². The molecule has 5 rings (SSSR count). The Morgan fingerprint density at radius 2 is 1.06 bits per heavy atom. The first-order chi connectivity index (χ1) is 32.4. The van der Waals surface area contributed by atoms with Gasteiger partial charge < -0.3 is 47.7 Å². The summed E-state index contributed by atoms with van der Waals surface area (Å²) in [5.74, 6) is 2.78. The van der Waals surface area contributed by atoms with Gasteiger partial charge in [0.1, 0.15) is 25.1 Å². The Kier molecular flexibility index (Phi) is 27.3. The van der Waals surface area contributed by atoms with Crippen LogP contribution in [0, 0.1) is 22.5 Å². The Balaban J connectivity index is 0.000000282. The van der Waals surface area contributed by atoms with Crippen LogP contribution in [0.15, 0.2) is 78.9 Å². The fraction of sp³-hybridized carbons (Fsp3) is 0.481. The first kappa shape index (κ1) is 58.7. The minimum Gasteiger partial charge on any atom is -0.507 e. The molecule has 0 radical (unpaired) electrons. The molecule has 0 bridgehead atoms. The normalized spacial score (nSPS) is 14.1. The Morgan fingerprint density at radius 3 is 1.51 bits per heavy atom. The fourth-order valence-electron chi connectivity index (χ4n) is 6.96. The van der Waals surface area contributed by atoms with E-state index in [1.165, 1.54) is 64.2 Å². The number of hydrogen-bond acceptors (Lipinski definition) is 13. The molecule has 0 aromatic heterocycles. The fourth-order valence-corrected chi connectivity index (χ4v) is 9.15. The number of carbonyl (C=O) groups is 3. The van der Waals surface area contributed by atoms with E-state index in [0.29, 0.717) is 51.6 Å². The molecule has 0 saturated heterocycles. The van der Waals surface area contributed by atoms with Crippen LogP contribution in [0.25, 0.3) is 0 Å². The highest BCUT2D eigenvalue weighted by molar-refractivity contribution is 14.1. The third-order valence-electron chi connectivity index (χ3n) is 10.8. The molecule has 16 heteroatoms.